The summed E-state index contributed by atoms with van der Waals surface area (Å²) in [4.78, 5) is 9.99. The van der Waals surface area contributed by atoms with Crippen LogP contribution in [0.2, 0.25) is 0 Å². The molecule has 0 fully saturated rings. The van der Waals surface area contributed by atoms with E-state index in [2.05, 4.69) is 51.0 Å². The van der Waals surface area contributed by atoms with Crippen molar-refractivity contribution < 1.29 is 9.84 Å². The molecule has 0 aliphatic carbocycles. The molecule has 1 atom stereocenters. The second-order valence-corrected chi connectivity index (χ2v) is 9.61. The first-order valence-electron chi connectivity index (χ1n) is 12.4. The average Bonchev–Trinajstić information content (AvgIpc) is 2.82. The number of aromatic nitrogens is 2. The molecule has 1 aliphatic rings. The summed E-state index contributed by atoms with van der Waals surface area (Å²) in [5.74, 6) is 2.06. The van der Waals surface area contributed by atoms with Crippen molar-refractivity contribution in [2.45, 2.75) is 85.7 Å². The molecule has 0 saturated heterocycles. The molecule has 6 heteroatoms. The fourth-order valence-corrected chi connectivity index (χ4v) is 5.71. The van der Waals surface area contributed by atoms with Gasteiger partial charge in [0.1, 0.15) is 22.3 Å². The summed E-state index contributed by atoms with van der Waals surface area (Å²) in [5.41, 5.74) is 6.46. The standard InChI is InChI=1S/C28H35N3O2S/c1-7-18-20(9-3)25-22(19(8-2)24(18)32)13-14-28(10-4,33-25)27(34)31-23-12-11-21-16(5)15-17(6)29-26(21)30-23/h11-12,15,32H,7-10,13-14H2,1-6H3,(H,29,30,31,34). The van der Waals surface area contributed by atoms with Crippen LogP contribution in [-0.4, -0.2) is 25.7 Å². The van der Waals surface area contributed by atoms with Crippen LogP contribution in [0.3, 0.4) is 0 Å². The maximum Gasteiger partial charge on any atom is 0.162 e. The number of fused-ring (bicyclic) bond motifs is 2. The molecule has 1 unspecified atom stereocenters. The number of phenolic OH excluding ortho intramolecular Hbond substituents is 1. The molecule has 0 radical (unpaired) electrons. The summed E-state index contributed by atoms with van der Waals surface area (Å²) in [7, 11) is 0. The zero-order valence-electron chi connectivity index (χ0n) is 21.1. The number of nitrogens with zero attached hydrogens (tertiary/aromatic N) is 2. The topological polar surface area (TPSA) is 67.3 Å². The van der Waals surface area contributed by atoms with Crippen molar-refractivity contribution in [2.75, 3.05) is 5.32 Å². The van der Waals surface area contributed by atoms with Crippen molar-refractivity contribution in [3.63, 3.8) is 0 Å². The Bertz CT molecular complexity index is 1250. The van der Waals surface area contributed by atoms with Gasteiger partial charge in [0.05, 0.1) is 0 Å². The molecule has 1 aromatic carbocycles. The largest absolute Gasteiger partial charge is 0.507 e. The summed E-state index contributed by atoms with van der Waals surface area (Å²) in [5, 5.41) is 15.4. The van der Waals surface area contributed by atoms with E-state index in [0.29, 0.717) is 16.6 Å². The van der Waals surface area contributed by atoms with Gasteiger partial charge in [-0.25, -0.2) is 9.97 Å². The van der Waals surface area contributed by atoms with Gasteiger partial charge in [0.25, 0.3) is 0 Å². The number of anilines is 1. The van der Waals surface area contributed by atoms with Crippen LogP contribution in [0.4, 0.5) is 5.82 Å². The van der Waals surface area contributed by atoms with Crippen molar-refractivity contribution in [3.05, 3.63) is 51.7 Å². The Morgan fingerprint density at radius 2 is 1.76 bits per heavy atom. The Balaban J connectivity index is 1.71. The zero-order valence-corrected chi connectivity index (χ0v) is 21.9. The smallest absolute Gasteiger partial charge is 0.162 e. The molecule has 0 amide bonds. The highest BCUT2D eigenvalue weighted by molar-refractivity contribution is 7.80. The van der Waals surface area contributed by atoms with Crippen molar-refractivity contribution >= 4 is 34.1 Å². The monoisotopic (exact) mass is 477 g/mol. The van der Waals surface area contributed by atoms with E-state index in [9.17, 15) is 5.11 Å². The lowest BCUT2D eigenvalue weighted by Gasteiger charge is -2.41. The molecule has 180 valence electrons. The SMILES string of the molecule is CCc1c(O)c(CC)c2c(c1CC)OC(CC)(C(=S)Nc1ccc3c(C)cc(C)nc3n1)CC2. The number of aryl methyl sites for hydroxylation is 2. The molecular formula is C28H35N3O2S. The minimum absolute atomic E-state index is 0.451. The van der Waals surface area contributed by atoms with E-state index in [0.717, 1.165) is 88.8 Å². The van der Waals surface area contributed by atoms with Gasteiger partial charge >= 0.3 is 0 Å². The number of benzene rings is 1. The Morgan fingerprint density at radius 3 is 2.41 bits per heavy atom. The number of hydrogen-bond acceptors (Lipinski definition) is 5. The average molecular weight is 478 g/mol. The van der Waals surface area contributed by atoms with Gasteiger partial charge in [-0.2, -0.15) is 0 Å². The first kappa shape index (κ1) is 24.4. The van der Waals surface area contributed by atoms with Gasteiger partial charge in [-0.15, -0.1) is 0 Å². The predicted molar refractivity (Wildman–Crippen MR) is 143 cm³/mol. The van der Waals surface area contributed by atoms with Crippen LogP contribution < -0.4 is 10.1 Å². The molecule has 3 aromatic rings. The minimum Gasteiger partial charge on any atom is -0.507 e. The van der Waals surface area contributed by atoms with E-state index in [1.807, 2.05) is 19.1 Å². The lowest BCUT2D eigenvalue weighted by atomic mass is 9.82. The van der Waals surface area contributed by atoms with Crippen molar-refractivity contribution in [3.8, 4) is 11.5 Å². The lowest BCUT2D eigenvalue weighted by molar-refractivity contribution is 0.111. The van der Waals surface area contributed by atoms with Gasteiger partial charge in [-0.05, 0) is 76.1 Å². The lowest BCUT2D eigenvalue weighted by Crippen LogP contribution is -2.49. The molecule has 0 spiro atoms. The van der Waals surface area contributed by atoms with Gasteiger partial charge in [0, 0.05) is 33.3 Å². The second-order valence-electron chi connectivity index (χ2n) is 9.20. The van der Waals surface area contributed by atoms with E-state index in [4.69, 9.17) is 21.9 Å². The number of ether oxygens (including phenoxy) is 1. The number of hydrogen-bond donors (Lipinski definition) is 2. The molecule has 3 heterocycles. The first-order valence-corrected chi connectivity index (χ1v) is 12.8. The number of phenols is 1. The van der Waals surface area contributed by atoms with Gasteiger partial charge < -0.3 is 15.2 Å². The Kier molecular flexibility index (Phi) is 6.81. The Labute approximate surface area is 208 Å². The molecule has 4 rings (SSSR count). The van der Waals surface area contributed by atoms with Crippen LogP contribution in [0.1, 0.15) is 74.0 Å². The summed E-state index contributed by atoms with van der Waals surface area (Å²) in [6.07, 6.45) is 4.68. The van der Waals surface area contributed by atoms with Gasteiger partial charge in [-0.1, -0.05) is 39.9 Å². The van der Waals surface area contributed by atoms with Crippen molar-refractivity contribution in [1.29, 1.82) is 0 Å². The van der Waals surface area contributed by atoms with Crippen molar-refractivity contribution in [1.82, 2.24) is 9.97 Å². The predicted octanol–water partition coefficient (Wildman–Crippen LogP) is 6.55. The molecular weight excluding hydrogens is 442 g/mol. The fourth-order valence-electron chi connectivity index (χ4n) is 5.32. The van der Waals surface area contributed by atoms with Crippen molar-refractivity contribution in [2.24, 2.45) is 0 Å². The Morgan fingerprint density at radius 1 is 1.06 bits per heavy atom. The highest BCUT2D eigenvalue weighted by Gasteiger charge is 2.41. The molecule has 0 bridgehead atoms. The number of rotatable bonds is 6. The molecule has 0 saturated carbocycles. The number of pyridine rings is 2. The number of thiocarbonyl (C=S) groups is 1. The van der Waals surface area contributed by atoms with E-state index in [1.54, 1.807) is 0 Å². The summed E-state index contributed by atoms with van der Waals surface area (Å²) in [6, 6.07) is 6.07. The molecule has 2 N–H and O–H groups in total. The van der Waals surface area contributed by atoms with E-state index in [-0.39, 0.29) is 0 Å². The highest BCUT2D eigenvalue weighted by Crippen LogP contribution is 2.46. The van der Waals surface area contributed by atoms with Crippen LogP contribution in [0.15, 0.2) is 18.2 Å². The van der Waals surface area contributed by atoms with Gasteiger partial charge in [-0.3, -0.25) is 0 Å². The van der Waals surface area contributed by atoms with E-state index < -0.39 is 5.60 Å². The van der Waals surface area contributed by atoms with Crippen LogP contribution >= 0.6 is 12.2 Å². The van der Waals surface area contributed by atoms with Crippen LogP contribution in [-0.2, 0) is 25.7 Å². The summed E-state index contributed by atoms with van der Waals surface area (Å²) >= 11 is 5.95. The normalized spacial score (nSPS) is 17.4. The Hall–Kier alpha value is -2.73. The van der Waals surface area contributed by atoms with E-state index in [1.165, 1.54) is 0 Å². The molecule has 5 nitrogen and oxygen atoms in total. The highest BCUT2D eigenvalue weighted by atomic mass is 32.1. The maximum absolute atomic E-state index is 11.0. The zero-order chi connectivity index (χ0) is 24.6. The van der Waals surface area contributed by atoms with Gasteiger partial charge in [0.15, 0.2) is 11.2 Å². The molecule has 1 aliphatic heterocycles. The molecule has 2 aromatic heterocycles. The third-order valence-electron chi connectivity index (χ3n) is 7.22. The third kappa shape index (κ3) is 4.02. The maximum atomic E-state index is 11.0. The summed E-state index contributed by atoms with van der Waals surface area (Å²) < 4.78 is 6.83. The minimum atomic E-state index is -0.619. The third-order valence-corrected chi connectivity index (χ3v) is 7.69. The van der Waals surface area contributed by atoms with Crippen LogP contribution in [0.25, 0.3) is 11.0 Å². The van der Waals surface area contributed by atoms with Gasteiger partial charge in [0.2, 0.25) is 0 Å². The summed E-state index contributed by atoms with van der Waals surface area (Å²) in [6.45, 7) is 12.5. The quantitative estimate of drug-likeness (QED) is 0.392. The number of nitrogens with one attached hydrogen (secondary N) is 1. The number of aromatic hydroxyl groups is 1. The first-order chi connectivity index (χ1) is 16.3. The van der Waals surface area contributed by atoms with E-state index >= 15 is 0 Å². The fraction of sp³-hybridized carbons (Fsp3) is 0.464. The van der Waals surface area contributed by atoms with Crippen LogP contribution in [0, 0.1) is 13.8 Å². The van der Waals surface area contributed by atoms with Crippen LogP contribution in [0.5, 0.6) is 11.5 Å². The molecule has 34 heavy (non-hydrogen) atoms. The second kappa shape index (κ2) is 9.49.